The van der Waals surface area contributed by atoms with E-state index in [0.717, 1.165) is 25.0 Å². The normalized spacial score (nSPS) is 16.2. The summed E-state index contributed by atoms with van der Waals surface area (Å²) in [7, 11) is 0. The number of benzene rings is 1. The molecule has 0 aromatic heterocycles. The maximum Gasteiger partial charge on any atom is 0.260 e. The third-order valence-corrected chi connectivity index (χ3v) is 4.25. The Hall–Kier alpha value is -1.99. The summed E-state index contributed by atoms with van der Waals surface area (Å²) in [5, 5.41) is 2.79. The highest BCUT2D eigenvalue weighted by Crippen LogP contribution is 2.19. The number of hydrogen-bond donors (Lipinski definition) is 2. The van der Waals surface area contributed by atoms with Gasteiger partial charge in [0.15, 0.2) is 6.61 Å². The fourth-order valence-electron chi connectivity index (χ4n) is 2.85. The monoisotopic (exact) mass is 399 g/mol. The van der Waals surface area contributed by atoms with Crippen LogP contribution in [0.15, 0.2) is 24.3 Å². The summed E-state index contributed by atoms with van der Waals surface area (Å²) in [5.41, 5.74) is 5.41. The molecule has 27 heavy (non-hydrogen) atoms. The predicted octanol–water partition coefficient (Wildman–Crippen LogP) is 1.59. The molecule has 0 spiro atoms. The van der Waals surface area contributed by atoms with Gasteiger partial charge < -0.3 is 25.4 Å². The van der Waals surface area contributed by atoms with E-state index < -0.39 is 0 Å². The molecule has 1 aromatic carbocycles. The minimum atomic E-state index is -0.172. The van der Waals surface area contributed by atoms with Crippen LogP contribution < -0.4 is 20.5 Å². The number of hydrogen-bond acceptors (Lipinski definition) is 5. The number of rotatable bonds is 9. The summed E-state index contributed by atoms with van der Waals surface area (Å²) in [6, 6.07) is 7.23. The second-order valence-corrected chi connectivity index (χ2v) is 6.37. The van der Waals surface area contributed by atoms with Gasteiger partial charge in [0, 0.05) is 26.2 Å². The number of carbonyl (C=O) groups excluding carboxylic acids is 2. The van der Waals surface area contributed by atoms with Crippen LogP contribution in [-0.2, 0) is 9.59 Å². The lowest BCUT2D eigenvalue weighted by atomic mass is 9.97. The number of halogens is 1. The highest BCUT2D eigenvalue weighted by molar-refractivity contribution is 5.85. The second kappa shape index (κ2) is 12.4. The van der Waals surface area contributed by atoms with E-state index >= 15 is 0 Å². The van der Waals surface area contributed by atoms with Crippen LogP contribution in [0, 0.1) is 5.92 Å². The van der Waals surface area contributed by atoms with Crippen molar-refractivity contribution in [3.63, 3.8) is 0 Å². The van der Waals surface area contributed by atoms with Gasteiger partial charge in [-0.05, 0) is 43.5 Å². The Morgan fingerprint density at radius 2 is 1.89 bits per heavy atom. The van der Waals surface area contributed by atoms with Crippen LogP contribution >= 0.6 is 12.4 Å². The number of ether oxygens (including phenoxy) is 2. The van der Waals surface area contributed by atoms with Gasteiger partial charge in [-0.15, -0.1) is 12.4 Å². The standard InChI is InChI=1S/C19H29N3O4.ClH/c1-2-12-25-16-5-7-17(8-6-16)26-14-18(23)22-11-3-4-15(13-22)19(24)21-10-9-20;/h5-8,15H,2-4,9-14,20H2,1H3,(H,21,24);1H. The van der Waals surface area contributed by atoms with Crippen molar-refractivity contribution in [2.45, 2.75) is 26.2 Å². The Balaban J connectivity index is 0.00000364. The number of nitrogens with one attached hydrogen (secondary N) is 1. The third kappa shape index (κ3) is 7.64. The van der Waals surface area contributed by atoms with E-state index in [2.05, 4.69) is 12.2 Å². The summed E-state index contributed by atoms with van der Waals surface area (Å²) in [4.78, 5) is 26.2. The number of amides is 2. The Morgan fingerprint density at radius 1 is 1.22 bits per heavy atom. The maximum absolute atomic E-state index is 12.4. The minimum Gasteiger partial charge on any atom is -0.494 e. The molecular formula is C19H30ClN3O4. The Kier molecular flexibility index (Phi) is 10.6. The molecule has 1 heterocycles. The fraction of sp³-hybridized carbons (Fsp3) is 0.579. The van der Waals surface area contributed by atoms with Crippen LogP contribution in [0.3, 0.4) is 0 Å². The van der Waals surface area contributed by atoms with Crippen molar-refractivity contribution in [2.24, 2.45) is 11.7 Å². The molecule has 0 aliphatic carbocycles. The average Bonchev–Trinajstić information content (AvgIpc) is 2.69. The van der Waals surface area contributed by atoms with Gasteiger partial charge in [0.1, 0.15) is 11.5 Å². The average molecular weight is 400 g/mol. The van der Waals surface area contributed by atoms with Crippen LogP contribution in [-0.4, -0.2) is 56.1 Å². The first kappa shape index (κ1) is 23.0. The van der Waals surface area contributed by atoms with Crippen LogP contribution in [0.2, 0.25) is 0 Å². The topological polar surface area (TPSA) is 93.9 Å². The number of nitrogens with zero attached hydrogens (tertiary/aromatic N) is 1. The van der Waals surface area contributed by atoms with Gasteiger partial charge in [-0.3, -0.25) is 9.59 Å². The molecule has 8 heteroatoms. The number of nitrogens with two attached hydrogens (primary N) is 1. The van der Waals surface area contributed by atoms with E-state index in [4.69, 9.17) is 15.2 Å². The summed E-state index contributed by atoms with van der Waals surface area (Å²) in [5.74, 6) is 1.10. The lowest BCUT2D eigenvalue weighted by Gasteiger charge is -2.32. The highest BCUT2D eigenvalue weighted by Gasteiger charge is 2.28. The van der Waals surface area contributed by atoms with Gasteiger partial charge in [0.25, 0.3) is 5.91 Å². The van der Waals surface area contributed by atoms with Crippen molar-refractivity contribution in [2.75, 3.05) is 39.4 Å². The number of piperidine rings is 1. The van der Waals surface area contributed by atoms with Crippen molar-refractivity contribution < 1.29 is 19.1 Å². The van der Waals surface area contributed by atoms with Crippen molar-refractivity contribution in [1.29, 1.82) is 0 Å². The molecule has 0 radical (unpaired) electrons. The third-order valence-electron chi connectivity index (χ3n) is 4.25. The van der Waals surface area contributed by atoms with Gasteiger partial charge >= 0.3 is 0 Å². The van der Waals surface area contributed by atoms with Crippen molar-refractivity contribution in [1.82, 2.24) is 10.2 Å². The van der Waals surface area contributed by atoms with E-state index in [1.54, 1.807) is 17.0 Å². The minimum absolute atomic E-state index is 0. The highest BCUT2D eigenvalue weighted by atomic mass is 35.5. The molecule has 152 valence electrons. The van der Waals surface area contributed by atoms with Gasteiger partial charge in [0.05, 0.1) is 12.5 Å². The van der Waals surface area contributed by atoms with E-state index in [1.807, 2.05) is 12.1 Å². The van der Waals surface area contributed by atoms with Crippen molar-refractivity contribution in [3.8, 4) is 11.5 Å². The zero-order valence-corrected chi connectivity index (χ0v) is 16.6. The molecule has 1 aromatic rings. The molecule has 2 amide bonds. The Morgan fingerprint density at radius 3 is 2.52 bits per heavy atom. The molecule has 2 rings (SSSR count). The van der Waals surface area contributed by atoms with Crippen LogP contribution in [0.4, 0.5) is 0 Å². The van der Waals surface area contributed by atoms with E-state index in [1.165, 1.54) is 0 Å². The van der Waals surface area contributed by atoms with E-state index in [0.29, 0.717) is 38.5 Å². The summed E-state index contributed by atoms with van der Waals surface area (Å²) >= 11 is 0. The lowest BCUT2D eigenvalue weighted by Crippen LogP contribution is -2.47. The Bertz CT molecular complexity index is 583. The van der Waals surface area contributed by atoms with Crippen LogP contribution in [0.25, 0.3) is 0 Å². The zero-order chi connectivity index (χ0) is 18.8. The fourth-order valence-corrected chi connectivity index (χ4v) is 2.85. The summed E-state index contributed by atoms with van der Waals surface area (Å²) < 4.78 is 11.1. The van der Waals surface area contributed by atoms with Crippen molar-refractivity contribution in [3.05, 3.63) is 24.3 Å². The van der Waals surface area contributed by atoms with Gasteiger partial charge in [-0.1, -0.05) is 6.92 Å². The van der Waals surface area contributed by atoms with E-state index in [-0.39, 0.29) is 36.7 Å². The zero-order valence-electron chi connectivity index (χ0n) is 15.8. The maximum atomic E-state index is 12.4. The molecule has 0 bridgehead atoms. The van der Waals surface area contributed by atoms with Crippen LogP contribution in [0.1, 0.15) is 26.2 Å². The van der Waals surface area contributed by atoms with E-state index in [9.17, 15) is 9.59 Å². The Labute approximate surface area is 167 Å². The molecule has 1 unspecified atom stereocenters. The molecule has 7 nitrogen and oxygen atoms in total. The lowest BCUT2D eigenvalue weighted by molar-refractivity contribution is -0.137. The first-order valence-corrected chi connectivity index (χ1v) is 9.25. The number of likely N-dealkylation sites (tertiary alicyclic amines) is 1. The largest absolute Gasteiger partial charge is 0.494 e. The predicted molar refractivity (Wildman–Crippen MR) is 106 cm³/mol. The first-order chi connectivity index (χ1) is 12.6. The molecule has 1 atom stereocenters. The molecule has 1 aliphatic rings. The molecule has 1 fully saturated rings. The van der Waals surface area contributed by atoms with Gasteiger partial charge in [0.2, 0.25) is 5.91 Å². The molecule has 1 aliphatic heterocycles. The summed E-state index contributed by atoms with van der Waals surface area (Å²) in [6.45, 7) is 4.66. The SMILES string of the molecule is CCCOc1ccc(OCC(=O)N2CCCC(C(=O)NCCN)C2)cc1.Cl. The van der Waals surface area contributed by atoms with Gasteiger partial charge in [-0.25, -0.2) is 0 Å². The quantitative estimate of drug-likeness (QED) is 0.657. The summed E-state index contributed by atoms with van der Waals surface area (Å²) in [6.07, 6.45) is 2.56. The smallest absolute Gasteiger partial charge is 0.260 e. The van der Waals surface area contributed by atoms with Gasteiger partial charge in [-0.2, -0.15) is 0 Å². The van der Waals surface area contributed by atoms with Crippen LogP contribution in [0.5, 0.6) is 11.5 Å². The number of carbonyl (C=O) groups is 2. The van der Waals surface area contributed by atoms with Crippen molar-refractivity contribution >= 4 is 24.2 Å². The first-order valence-electron chi connectivity index (χ1n) is 9.25. The molecular weight excluding hydrogens is 370 g/mol. The molecule has 3 N–H and O–H groups in total. The molecule has 1 saturated heterocycles. The second-order valence-electron chi connectivity index (χ2n) is 6.37. The molecule has 0 saturated carbocycles.